The first-order valence-corrected chi connectivity index (χ1v) is 3.55. The Morgan fingerprint density at radius 2 is 1.62 bits per heavy atom. The van der Waals surface area contributed by atoms with Gasteiger partial charge in [-0.15, -0.1) is 0 Å². The molecule has 0 aromatic heterocycles. The van der Waals surface area contributed by atoms with E-state index in [1.165, 1.54) is 0 Å². The maximum atomic E-state index is 10.3. The number of hydrogen-bond acceptors (Lipinski definition) is 4. The number of carbonyl (C=O) groups is 3. The van der Waals surface area contributed by atoms with Crippen molar-refractivity contribution in [3.63, 3.8) is 0 Å². The van der Waals surface area contributed by atoms with Gasteiger partial charge in [0.1, 0.15) is 0 Å². The minimum atomic E-state index is -0.968. The highest BCUT2D eigenvalue weighted by molar-refractivity contribution is 6.35. The molecular formula is C6H11N3O4. The minimum Gasteiger partial charge on any atom is -0.480 e. The predicted molar refractivity (Wildman–Crippen MR) is 42.7 cm³/mol. The molecule has 0 saturated carbocycles. The van der Waals surface area contributed by atoms with Crippen LogP contribution in [0.2, 0.25) is 0 Å². The van der Waals surface area contributed by atoms with E-state index in [0.717, 1.165) is 0 Å². The standard InChI is InChI=1S/C4H6N2O2.C2H5NO2/c7-3-4(8)6-2-1-5-3;3-1-2(4)5/h1-2H2,(H,5,7)(H,6,8);1,3H2,(H,4,5). The van der Waals surface area contributed by atoms with Gasteiger partial charge in [-0.3, -0.25) is 14.4 Å². The highest BCUT2D eigenvalue weighted by Crippen LogP contribution is 1.73. The molecule has 0 radical (unpaired) electrons. The van der Waals surface area contributed by atoms with Gasteiger partial charge in [0, 0.05) is 13.1 Å². The molecule has 1 heterocycles. The molecule has 1 aliphatic rings. The number of piperazine rings is 1. The molecule has 0 aliphatic carbocycles. The van der Waals surface area contributed by atoms with Crippen LogP contribution in [-0.4, -0.2) is 42.5 Å². The van der Waals surface area contributed by atoms with Gasteiger partial charge >= 0.3 is 17.8 Å². The van der Waals surface area contributed by atoms with E-state index in [1.54, 1.807) is 0 Å². The fourth-order valence-electron chi connectivity index (χ4n) is 0.513. The molecule has 0 bridgehead atoms. The largest absolute Gasteiger partial charge is 0.480 e. The zero-order valence-electron chi connectivity index (χ0n) is 6.87. The zero-order valence-corrected chi connectivity index (χ0v) is 6.87. The average molecular weight is 189 g/mol. The normalized spacial score (nSPS) is 14.8. The molecule has 1 rings (SSSR count). The molecule has 1 fully saturated rings. The van der Waals surface area contributed by atoms with Crippen LogP contribution in [0.4, 0.5) is 0 Å². The van der Waals surface area contributed by atoms with Gasteiger partial charge in [-0.05, 0) is 0 Å². The van der Waals surface area contributed by atoms with Crippen molar-refractivity contribution in [2.24, 2.45) is 5.73 Å². The van der Waals surface area contributed by atoms with E-state index < -0.39 is 17.8 Å². The Bertz CT molecular complexity index is 200. The lowest BCUT2D eigenvalue weighted by atomic mass is 10.4. The van der Waals surface area contributed by atoms with Gasteiger partial charge in [0.2, 0.25) is 0 Å². The number of nitrogens with two attached hydrogens (primary N) is 1. The third kappa shape index (κ3) is 5.62. The summed E-state index contributed by atoms with van der Waals surface area (Å²) in [4.78, 5) is 29.8. The highest BCUT2D eigenvalue weighted by Gasteiger charge is 2.15. The maximum absolute atomic E-state index is 10.3. The molecule has 13 heavy (non-hydrogen) atoms. The fourth-order valence-corrected chi connectivity index (χ4v) is 0.513. The van der Waals surface area contributed by atoms with Crippen molar-refractivity contribution in [1.82, 2.24) is 10.6 Å². The van der Waals surface area contributed by atoms with Gasteiger partial charge in [0.25, 0.3) is 0 Å². The maximum Gasteiger partial charge on any atom is 0.317 e. The van der Waals surface area contributed by atoms with Crippen LogP contribution in [0.25, 0.3) is 0 Å². The van der Waals surface area contributed by atoms with E-state index in [2.05, 4.69) is 16.4 Å². The average Bonchev–Trinajstić information content (AvgIpc) is 2.11. The Morgan fingerprint density at radius 1 is 1.31 bits per heavy atom. The number of hydrogen-bond donors (Lipinski definition) is 4. The van der Waals surface area contributed by atoms with Crippen LogP contribution in [0.1, 0.15) is 0 Å². The molecule has 0 aromatic rings. The molecule has 0 atom stereocenters. The fraction of sp³-hybridized carbons (Fsp3) is 0.500. The number of carboxylic acid groups (broad SMARTS) is 1. The Morgan fingerprint density at radius 3 is 1.77 bits per heavy atom. The molecule has 0 aromatic carbocycles. The predicted octanol–water partition coefficient (Wildman–Crippen LogP) is -2.74. The van der Waals surface area contributed by atoms with Crippen molar-refractivity contribution in [3.8, 4) is 0 Å². The van der Waals surface area contributed by atoms with Crippen LogP contribution in [0, 0.1) is 0 Å². The monoisotopic (exact) mass is 189 g/mol. The lowest BCUT2D eigenvalue weighted by molar-refractivity contribution is -0.140. The van der Waals surface area contributed by atoms with E-state index in [4.69, 9.17) is 5.11 Å². The number of aliphatic carboxylic acids is 1. The molecule has 0 unspecified atom stereocenters. The Balaban J connectivity index is 0.000000252. The quantitative estimate of drug-likeness (QED) is 0.333. The molecule has 1 saturated heterocycles. The van der Waals surface area contributed by atoms with Crippen molar-refractivity contribution >= 4 is 17.8 Å². The number of carbonyl (C=O) groups excluding carboxylic acids is 2. The van der Waals surface area contributed by atoms with Crippen LogP contribution in [-0.2, 0) is 14.4 Å². The summed E-state index contributed by atoms with van der Waals surface area (Å²) in [6.45, 7) is 0.815. The second-order valence-electron chi connectivity index (χ2n) is 2.11. The molecule has 5 N–H and O–H groups in total. The first-order valence-electron chi connectivity index (χ1n) is 3.55. The van der Waals surface area contributed by atoms with Gasteiger partial charge in [-0.1, -0.05) is 0 Å². The number of rotatable bonds is 1. The highest BCUT2D eigenvalue weighted by atomic mass is 16.4. The molecule has 7 heteroatoms. The molecule has 2 amide bonds. The van der Waals surface area contributed by atoms with Crippen molar-refractivity contribution in [2.75, 3.05) is 19.6 Å². The van der Waals surface area contributed by atoms with Crippen molar-refractivity contribution in [3.05, 3.63) is 0 Å². The second-order valence-corrected chi connectivity index (χ2v) is 2.11. The SMILES string of the molecule is NCC(=O)O.O=C1NCCNC1=O. The summed E-state index contributed by atoms with van der Waals surface area (Å²) in [5.41, 5.74) is 4.57. The van der Waals surface area contributed by atoms with Crippen molar-refractivity contribution in [1.29, 1.82) is 0 Å². The van der Waals surface area contributed by atoms with Gasteiger partial charge in [-0.2, -0.15) is 0 Å². The van der Waals surface area contributed by atoms with Crippen LogP contribution < -0.4 is 16.4 Å². The van der Waals surface area contributed by atoms with Crippen LogP contribution >= 0.6 is 0 Å². The van der Waals surface area contributed by atoms with E-state index in [1.807, 2.05) is 0 Å². The van der Waals surface area contributed by atoms with Crippen molar-refractivity contribution in [2.45, 2.75) is 0 Å². The first-order chi connectivity index (χ1) is 6.07. The van der Waals surface area contributed by atoms with Crippen LogP contribution in [0.3, 0.4) is 0 Å². The smallest absolute Gasteiger partial charge is 0.317 e. The summed E-state index contributed by atoms with van der Waals surface area (Å²) in [6, 6.07) is 0. The molecule has 7 nitrogen and oxygen atoms in total. The summed E-state index contributed by atoms with van der Waals surface area (Å²) in [7, 11) is 0. The van der Waals surface area contributed by atoms with Gasteiger partial charge in [0.15, 0.2) is 0 Å². The molecule has 1 aliphatic heterocycles. The third-order valence-electron chi connectivity index (χ3n) is 1.08. The minimum absolute atomic E-state index is 0.278. The summed E-state index contributed by atoms with van der Waals surface area (Å²) >= 11 is 0. The summed E-state index contributed by atoms with van der Waals surface area (Å²) in [5.74, 6) is -2.03. The molecule has 0 spiro atoms. The summed E-state index contributed by atoms with van der Waals surface area (Å²) < 4.78 is 0. The second kappa shape index (κ2) is 5.95. The van der Waals surface area contributed by atoms with E-state index >= 15 is 0 Å². The van der Waals surface area contributed by atoms with Gasteiger partial charge < -0.3 is 21.5 Å². The van der Waals surface area contributed by atoms with E-state index in [-0.39, 0.29) is 6.54 Å². The molecule has 74 valence electrons. The third-order valence-corrected chi connectivity index (χ3v) is 1.08. The topological polar surface area (TPSA) is 122 Å². The first kappa shape index (κ1) is 11.4. The van der Waals surface area contributed by atoms with Gasteiger partial charge in [0.05, 0.1) is 6.54 Å². The zero-order chi connectivity index (χ0) is 10.3. The Labute approximate surface area is 74.3 Å². The lowest BCUT2D eigenvalue weighted by Gasteiger charge is -2.10. The molecular weight excluding hydrogens is 178 g/mol. The Hall–Kier alpha value is -1.63. The van der Waals surface area contributed by atoms with Crippen molar-refractivity contribution < 1.29 is 19.5 Å². The van der Waals surface area contributed by atoms with E-state index in [9.17, 15) is 14.4 Å². The van der Waals surface area contributed by atoms with Gasteiger partial charge in [-0.25, -0.2) is 0 Å². The number of nitrogens with one attached hydrogen (secondary N) is 2. The summed E-state index contributed by atoms with van der Waals surface area (Å²) in [5, 5.41) is 12.4. The number of carboxylic acids is 1. The lowest BCUT2D eigenvalue weighted by Crippen LogP contribution is -2.49. The summed E-state index contributed by atoms with van der Waals surface area (Å²) in [6.07, 6.45) is 0. The van der Waals surface area contributed by atoms with E-state index in [0.29, 0.717) is 13.1 Å². The number of amides is 2. The van der Waals surface area contributed by atoms with Crippen LogP contribution in [0.15, 0.2) is 0 Å². The Kier molecular flexibility index (Phi) is 5.20. The van der Waals surface area contributed by atoms with Crippen LogP contribution in [0.5, 0.6) is 0 Å².